The Bertz CT molecular complexity index is 541. The van der Waals surface area contributed by atoms with Gasteiger partial charge in [-0.05, 0) is 18.6 Å². The third-order valence-corrected chi connectivity index (χ3v) is 2.34. The van der Waals surface area contributed by atoms with Gasteiger partial charge in [0.2, 0.25) is 0 Å². The Morgan fingerprint density at radius 1 is 1.33 bits per heavy atom. The Morgan fingerprint density at radius 2 is 2.05 bits per heavy atom. The van der Waals surface area contributed by atoms with E-state index in [9.17, 15) is 19.7 Å². The van der Waals surface area contributed by atoms with E-state index >= 15 is 0 Å². The first kappa shape index (κ1) is 16.4. The van der Waals surface area contributed by atoms with Crippen LogP contribution < -0.4 is 9.57 Å². The van der Waals surface area contributed by atoms with Crippen LogP contribution in [0.1, 0.15) is 37.0 Å². The maximum Gasteiger partial charge on any atom is 0.341 e. The van der Waals surface area contributed by atoms with Crippen LogP contribution in [-0.4, -0.2) is 23.6 Å². The molecule has 8 heteroatoms. The topological polar surface area (TPSA) is 105 Å². The highest BCUT2D eigenvalue weighted by molar-refractivity contribution is 5.93. The van der Waals surface area contributed by atoms with Crippen molar-refractivity contribution >= 4 is 11.9 Å². The Hall–Kier alpha value is -2.64. The molecule has 0 atom stereocenters. The normalized spacial score (nSPS) is 9.81. The zero-order chi connectivity index (χ0) is 15.8. The van der Waals surface area contributed by atoms with Gasteiger partial charge in [0.25, 0.3) is 5.09 Å². The van der Waals surface area contributed by atoms with Gasteiger partial charge in [0.1, 0.15) is 17.1 Å². The zero-order valence-corrected chi connectivity index (χ0v) is 11.7. The molecule has 0 aliphatic carbocycles. The summed E-state index contributed by atoms with van der Waals surface area (Å²) in [5.41, 5.74) is -0.00278. The fourth-order valence-corrected chi connectivity index (χ4v) is 1.44. The van der Waals surface area contributed by atoms with Crippen molar-refractivity contribution in [2.45, 2.75) is 26.7 Å². The number of ether oxygens (including phenoxy) is 2. The van der Waals surface area contributed by atoms with E-state index in [1.165, 1.54) is 12.1 Å². The van der Waals surface area contributed by atoms with Crippen molar-refractivity contribution in [3.8, 4) is 11.5 Å². The summed E-state index contributed by atoms with van der Waals surface area (Å²) in [4.78, 5) is 37.4. The number of hydrogen-bond acceptors (Lipinski definition) is 7. The van der Waals surface area contributed by atoms with E-state index in [-0.39, 0.29) is 23.7 Å². The summed E-state index contributed by atoms with van der Waals surface area (Å²) in [6.45, 7) is 3.33. The fourth-order valence-electron chi connectivity index (χ4n) is 1.44. The van der Waals surface area contributed by atoms with Crippen LogP contribution in [0.3, 0.4) is 0 Å². The number of carbonyl (C=O) groups is 2. The van der Waals surface area contributed by atoms with Crippen molar-refractivity contribution in [1.29, 1.82) is 0 Å². The van der Waals surface area contributed by atoms with Crippen molar-refractivity contribution in [2.75, 3.05) is 6.61 Å². The molecule has 1 aromatic rings. The molecule has 21 heavy (non-hydrogen) atoms. The summed E-state index contributed by atoms with van der Waals surface area (Å²) in [6, 6.07) is 3.54. The van der Waals surface area contributed by atoms with Gasteiger partial charge < -0.3 is 9.47 Å². The minimum absolute atomic E-state index is 0.00278. The molecule has 0 heterocycles. The predicted molar refractivity (Wildman–Crippen MR) is 70.6 cm³/mol. The minimum atomic E-state index is -1.01. The summed E-state index contributed by atoms with van der Waals surface area (Å²) in [5.74, 6) is -1.66. The molecule has 0 aliphatic rings. The molecule has 0 unspecified atom stereocenters. The maximum absolute atomic E-state index is 11.9. The molecule has 0 saturated heterocycles. The van der Waals surface area contributed by atoms with E-state index in [4.69, 9.17) is 9.47 Å². The molecule has 0 bridgehead atoms. The second-order valence-electron chi connectivity index (χ2n) is 4.06. The van der Waals surface area contributed by atoms with E-state index in [1.807, 2.05) is 6.92 Å². The number of hydrogen-bond donors (Lipinski definition) is 0. The Morgan fingerprint density at radius 3 is 2.62 bits per heavy atom. The number of unbranched alkanes of at least 4 members (excludes halogenated alkanes) is 1. The van der Waals surface area contributed by atoms with Crippen LogP contribution >= 0.6 is 0 Å². The predicted octanol–water partition coefficient (Wildman–Crippen LogP) is 2.14. The monoisotopic (exact) mass is 297 g/mol. The van der Waals surface area contributed by atoms with E-state index < -0.39 is 17.0 Å². The molecule has 8 nitrogen and oxygen atoms in total. The highest BCUT2D eigenvalue weighted by Crippen LogP contribution is 2.26. The zero-order valence-electron chi connectivity index (χ0n) is 11.7. The molecule has 0 aliphatic heterocycles. The van der Waals surface area contributed by atoms with Gasteiger partial charge in [0.05, 0.1) is 6.61 Å². The lowest BCUT2D eigenvalue weighted by molar-refractivity contribution is -0.711. The molecule has 0 amide bonds. The molecule has 1 rings (SSSR count). The first-order valence-corrected chi connectivity index (χ1v) is 6.26. The summed E-state index contributed by atoms with van der Waals surface area (Å²) in [5, 5.41) is 9.27. The number of rotatable bonds is 7. The number of carbonyl (C=O) groups excluding carboxylic acids is 2. The first-order valence-electron chi connectivity index (χ1n) is 6.26. The van der Waals surface area contributed by atoms with Crippen LogP contribution in [0, 0.1) is 10.1 Å². The third kappa shape index (κ3) is 5.47. The molecule has 0 saturated carbocycles. The van der Waals surface area contributed by atoms with Gasteiger partial charge in [-0.25, -0.2) is 4.79 Å². The number of benzene rings is 1. The summed E-state index contributed by atoms with van der Waals surface area (Å²) < 4.78 is 9.86. The fraction of sp³-hybridized carbons (Fsp3) is 0.385. The largest absolute Gasteiger partial charge is 0.462 e. The first-order chi connectivity index (χ1) is 9.93. The van der Waals surface area contributed by atoms with Crippen molar-refractivity contribution < 1.29 is 29.0 Å². The highest BCUT2D eigenvalue weighted by Gasteiger charge is 2.17. The van der Waals surface area contributed by atoms with Gasteiger partial charge in [-0.1, -0.05) is 13.3 Å². The Balaban J connectivity index is 2.97. The van der Waals surface area contributed by atoms with Crippen LogP contribution in [-0.2, 0) is 9.53 Å². The van der Waals surface area contributed by atoms with E-state index in [0.717, 1.165) is 19.4 Å². The van der Waals surface area contributed by atoms with Crippen LogP contribution in [0.2, 0.25) is 0 Å². The number of esters is 2. The lowest BCUT2D eigenvalue weighted by atomic mass is 10.2. The molecular formula is C13H15NO7. The summed E-state index contributed by atoms with van der Waals surface area (Å²) in [6.07, 6.45) is 1.57. The van der Waals surface area contributed by atoms with E-state index in [1.54, 1.807) is 0 Å². The van der Waals surface area contributed by atoms with E-state index in [2.05, 4.69) is 4.84 Å². The maximum atomic E-state index is 11.9. The van der Waals surface area contributed by atoms with Crippen LogP contribution in [0.15, 0.2) is 18.2 Å². The van der Waals surface area contributed by atoms with Gasteiger partial charge in [-0.3, -0.25) is 9.63 Å². The average molecular weight is 297 g/mol. The van der Waals surface area contributed by atoms with Gasteiger partial charge in [0, 0.05) is 13.0 Å². The van der Waals surface area contributed by atoms with Gasteiger partial charge in [-0.15, -0.1) is 10.1 Å². The van der Waals surface area contributed by atoms with Crippen molar-refractivity contribution in [2.24, 2.45) is 0 Å². The summed E-state index contributed by atoms with van der Waals surface area (Å²) >= 11 is 0. The molecule has 1 aromatic carbocycles. The van der Waals surface area contributed by atoms with Crippen molar-refractivity contribution in [3.05, 3.63) is 33.9 Å². The molecular weight excluding hydrogens is 282 g/mol. The lowest BCUT2D eigenvalue weighted by Gasteiger charge is -2.10. The smallest absolute Gasteiger partial charge is 0.341 e. The SMILES string of the molecule is CCCCOC(=O)c1ccc(O[N+](=O)[O-])cc1OC(C)=O. The summed E-state index contributed by atoms with van der Waals surface area (Å²) in [7, 11) is 0. The van der Waals surface area contributed by atoms with Crippen LogP contribution in [0.25, 0.3) is 0 Å². The van der Waals surface area contributed by atoms with Crippen LogP contribution in [0.4, 0.5) is 0 Å². The van der Waals surface area contributed by atoms with Gasteiger partial charge in [0.15, 0.2) is 0 Å². The molecule has 0 radical (unpaired) electrons. The Labute approximate surface area is 120 Å². The van der Waals surface area contributed by atoms with Gasteiger partial charge >= 0.3 is 11.9 Å². The van der Waals surface area contributed by atoms with Crippen molar-refractivity contribution in [3.63, 3.8) is 0 Å². The third-order valence-electron chi connectivity index (χ3n) is 2.34. The molecule has 0 fully saturated rings. The number of nitrogens with zero attached hydrogens (tertiary/aromatic N) is 1. The van der Waals surface area contributed by atoms with E-state index in [0.29, 0.717) is 6.42 Å². The minimum Gasteiger partial charge on any atom is -0.462 e. The van der Waals surface area contributed by atoms with Gasteiger partial charge in [-0.2, -0.15) is 0 Å². The second kappa shape index (κ2) is 7.83. The van der Waals surface area contributed by atoms with Crippen LogP contribution in [0.5, 0.6) is 11.5 Å². The highest BCUT2D eigenvalue weighted by atomic mass is 17.0. The molecule has 0 N–H and O–H groups in total. The van der Waals surface area contributed by atoms with Crippen molar-refractivity contribution in [1.82, 2.24) is 0 Å². The standard InChI is InChI=1S/C13H15NO7/c1-3-4-7-19-13(16)11-6-5-10(21-14(17)18)8-12(11)20-9(2)15/h5-6,8H,3-4,7H2,1-2H3. The lowest BCUT2D eigenvalue weighted by Crippen LogP contribution is -2.12. The Kier molecular flexibility index (Phi) is 6.12. The molecule has 0 spiro atoms. The average Bonchev–Trinajstić information content (AvgIpc) is 2.37. The quantitative estimate of drug-likeness (QED) is 0.249. The second-order valence-corrected chi connectivity index (χ2v) is 4.06. The molecule has 0 aromatic heterocycles. The molecule has 114 valence electrons.